The number of hydrogen-bond acceptors (Lipinski definition) is 3. The van der Waals surface area contributed by atoms with Gasteiger partial charge in [-0.15, -0.1) is 0 Å². The van der Waals surface area contributed by atoms with E-state index in [1.165, 1.54) is 5.56 Å². The molecule has 20 heavy (non-hydrogen) atoms. The first-order valence-electron chi connectivity index (χ1n) is 7.37. The molecule has 0 radical (unpaired) electrons. The van der Waals surface area contributed by atoms with Crippen LogP contribution in [0.4, 0.5) is 0 Å². The van der Waals surface area contributed by atoms with Gasteiger partial charge in [0.05, 0.1) is 12.7 Å². The lowest BCUT2D eigenvalue weighted by atomic mass is 9.97. The maximum Gasteiger partial charge on any atom is 0.118 e. The van der Waals surface area contributed by atoms with E-state index in [1.54, 1.807) is 14.2 Å². The topological polar surface area (TPSA) is 30.5 Å². The van der Waals surface area contributed by atoms with Gasteiger partial charge < -0.3 is 14.8 Å². The van der Waals surface area contributed by atoms with E-state index in [9.17, 15) is 0 Å². The molecule has 3 nitrogen and oxygen atoms in total. The van der Waals surface area contributed by atoms with Crippen molar-refractivity contribution in [2.45, 2.75) is 58.2 Å². The number of ether oxygens (including phenoxy) is 2. The number of rotatable bonds is 8. The molecule has 3 heteroatoms. The van der Waals surface area contributed by atoms with E-state index in [4.69, 9.17) is 9.47 Å². The predicted octanol–water partition coefficient (Wildman–Crippen LogP) is 3.94. The van der Waals surface area contributed by atoms with Crippen LogP contribution in [0.3, 0.4) is 0 Å². The summed E-state index contributed by atoms with van der Waals surface area (Å²) < 4.78 is 10.7. The van der Waals surface area contributed by atoms with E-state index in [2.05, 4.69) is 45.1 Å². The monoisotopic (exact) mass is 279 g/mol. The van der Waals surface area contributed by atoms with Crippen LogP contribution in [-0.2, 0) is 4.74 Å². The van der Waals surface area contributed by atoms with Gasteiger partial charge in [0, 0.05) is 19.2 Å². The fraction of sp³-hybridized carbons (Fsp3) is 0.647. The normalized spacial score (nSPS) is 14.9. The van der Waals surface area contributed by atoms with Gasteiger partial charge in [0.25, 0.3) is 0 Å². The van der Waals surface area contributed by atoms with Gasteiger partial charge in [-0.3, -0.25) is 0 Å². The molecule has 0 amide bonds. The molecule has 0 bridgehead atoms. The first-order chi connectivity index (χ1) is 9.41. The molecule has 1 aromatic carbocycles. The van der Waals surface area contributed by atoms with E-state index >= 15 is 0 Å². The number of nitrogens with one attached hydrogen (secondary N) is 1. The molecule has 1 rings (SSSR count). The Morgan fingerprint density at radius 3 is 2.20 bits per heavy atom. The molecule has 2 atom stereocenters. The third-order valence-electron chi connectivity index (χ3n) is 3.76. The van der Waals surface area contributed by atoms with E-state index in [-0.39, 0.29) is 5.60 Å². The highest BCUT2D eigenvalue weighted by Crippen LogP contribution is 2.23. The summed E-state index contributed by atoms with van der Waals surface area (Å²) in [6, 6.07) is 9.07. The SMILES string of the molecule is CC[C@@H](N[C@@H](C)CC(C)(C)OC)c1ccc(OC)cc1. The van der Waals surface area contributed by atoms with E-state index in [0.717, 1.165) is 18.6 Å². The van der Waals surface area contributed by atoms with Crippen molar-refractivity contribution >= 4 is 0 Å². The summed E-state index contributed by atoms with van der Waals surface area (Å²) >= 11 is 0. The van der Waals surface area contributed by atoms with Crippen LogP contribution in [-0.4, -0.2) is 25.9 Å². The molecule has 0 spiro atoms. The van der Waals surface area contributed by atoms with Crippen LogP contribution in [0.15, 0.2) is 24.3 Å². The summed E-state index contributed by atoms with van der Waals surface area (Å²) in [6.45, 7) is 8.67. The van der Waals surface area contributed by atoms with Gasteiger partial charge in [-0.05, 0) is 51.3 Å². The van der Waals surface area contributed by atoms with Crippen molar-refractivity contribution in [3.05, 3.63) is 29.8 Å². The Morgan fingerprint density at radius 1 is 1.15 bits per heavy atom. The lowest BCUT2D eigenvalue weighted by molar-refractivity contribution is 0.00760. The van der Waals surface area contributed by atoms with Crippen LogP contribution in [0, 0.1) is 0 Å². The molecular formula is C17H29NO2. The first-order valence-corrected chi connectivity index (χ1v) is 7.37. The quantitative estimate of drug-likeness (QED) is 0.782. The molecule has 1 N–H and O–H groups in total. The molecule has 1 aromatic rings. The maximum atomic E-state index is 5.50. The van der Waals surface area contributed by atoms with Gasteiger partial charge in [0.15, 0.2) is 0 Å². The summed E-state index contributed by atoms with van der Waals surface area (Å²) in [7, 11) is 3.47. The van der Waals surface area contributed by atoms with Crippen molar-refractivity contribution in [1.29, 1.82) is 0 Å². The average molecular weight is 279 g/mol. The van der Waals surface area contributed by atoms with Crippen LogP contribution >= 0.6 is 0 Å². The van der Waals surface area contributed by atoms with Crippen LogP contribution in [0.25, 0.3) is 0 Å². The van der Waals surface area contributed by atoms with Crippen LogP contribution < -0.4 is 10.1 Å². The summed E-state index contributed by atoms with van der Waals surface area (Å²) in [5.41, 5.74) is 1.21. The van der Waals surface area contributed by atoms with Crippen molar-refractivity contribution < 1.29 is 9.47 Å². The highest BCUT2D eigenvalue weighted by molar-refractivity contribution is 5.29. The minimum Gasteiger partial charge on any atom is -0.497 e. The number of benzene rings is 1. The summed E-state index contributed by atoms with van der Waals surface area (Å²) in [6.07, 6.45) is 2.04. The Hall–Kier alpha value is -1.06. The van der Waals surface area contributed by atoms with Crippen molar-refractivity contribution in [3.63, 3.8) is 0 Å². The van der Waals surface area contributed by atoms with Gasteiger partial charge in [0.2, 0.25) is 0 Å². The average Bonchev–Trinajstić information content (AvgIpc) is 2.44. The predicted molar refractivity (Wildman–Crippen MR) is 84.3 cm³/mol. The fourth-order valence-corrected chi connectivity index (χ4v) is 2.51. The zero-order chi connectivity index (χ0) is 15.2. The summed E-state index contributed by atoms with van der Waals surface area (Å²) in [4.78, 5) is 0. The zero-order valence-electron chi connectivity index (χ0n) is 13.7. The second-order valence-corrected chi connectivity index (χ2v) is 5.97. The van der Waals surface area contributed by atoms with Crippen LogP contribution in [0.5, 0.6) is 5.75 Å². The minimum absolute atomic E-state index is 0.0926. The van der Waals surface area contributed by atoms with Crippen molar-refractivity contribution in [1.82, 2.24) is 5.32 Å². The highest BCUT2D eigenvalue weighted by atomic mass is 16.5. The molecule has 0 saturated carbocycles. The zero-order valence-corrected chi connectivity index (χ0v) is 13.7. The molecule has 0 aliphatic heterocycles. The van der Waals surface area contributed by atoms with Crippen LogP contribution in [0.1, 0.15) is 52.1 Å². The van der Waals surface area contributed by atoms with Gasteiger partial charge in [-0.25, -0.2) is 0 Å². The third-order valence-corrected chi connectivity index (χ3v) is 3.76. The Morgan fingerprint density at radius 2 is 1.75 bits per heavy atom. The molecule has 0 aliphatic carbocycles. The molecule has 0 heterocycles. The van der Waals surface area contributed by atoms with Gasteiger partial charge in [-0.2, -0.15) is 0 Å². The lowest BCUT2D eigenvalue weighted by Gasteiger charge is -2.30. The van der Waals surface area contributed by atoms with E-state index in [0.29, 0.717) is 12.1 Å². The Kier molecular flexibility index (Phi) is 6.50. The Bertz CT molecular complexity index is 386. The standard InChI is InChI=1S/C17H29NO2/c1-7-16(14-8-10-15(19-5)11-9-14)18-13(2)12-17(3,4)20-6/h8-11,13,16,18H,7,12H2,1-6H3/t13-,16+/m0/s1. The molecule has 0 aromatic heterocycles. The molecule has 0 fully saturated rings. The highest BCUT2D eigenvalue weighted by Gasteiger charge is 2.22. The van der Waals surface area contributed by atoms with Crippen molar-refractivity contribution in [2.75, 3.05) is 14.2 Å². The van der Waals surface area contributed by atoms with Crippen LogP contribution in [0.2, 0.25) is 0 Å². The molecule has 0 aliphatic rings. The summed E-state index contributed by atoms with van der Waals surface area (Å²) in [5.74, 6) is 0.900. The molecule has 114 valence electrons. The van der Waals surface area contributed by atoms with E-state index < -0.39 is 0 Å². The second-order valence-electron chi connectivity index (χ2n) is 5.97. The minimum atomic E-state index is -0.0926. The number of hydrogen-bond donors (Lipinski definition) is 1. The maximum absolute atomic E-state index is 5.50. The molecule has 0 unspecified atom stereocenters. The first kappa shape index (κ1) is 17.0. The molecular weight excluding hydrogens is 250 g/mol. The Labute approximate surface area is 123 Å². The third kappa shape index (κ3) is 5.14. The lowest BCUT2D eigenvalue weighted by Crippen LogP contribution is -2.37. The van der Waals surface area contributed by atoms with Gasteiger partial charge >= 0.3 is 0 Å². The van der Waals surface area contributed by atoms with E-state index in [1.807, 2.05) is 12.1 Å². The van der Waals surface area contributed by atoms with Gasteiger partial charge in [0.1, 0.15) is 5.75 Å². The largest absolute Gasteiger partial charge is 0.497 e. The number of methoxy groups -OCH3 is 2. The summed E-state index contributed by atoms with van der Waals surface area (Å²) in [5, 5.41) is 3.69. The Balaban J connectivity index is 2.66. The van der Waals surface area contributed by atoms with Crippen molar-refractivity contribution in [3.8, 4) is 5.75 Å². The smallest absolute Gasteiger partial charge is 0.118 e. The van der Waals surface area contributed by atoms with Crippen molar-refractivity contribution in [2.24, 2.45) is 0 Å². The van der Waals surface area contributed by atoms with Gasteiger partial charge in [-0.1, -0.05) is 19.1 Å². The fourth-order valence-electron chi connectivity index (χ4n) is 2.51. The second kappa shape index (κ2) is 7.65. The molecule has 0 saturated heterocycles.